The van der Waals surface area contributed by atoms with Gasteiger partial charge in [0.1, 0.15) is 0 Å². The molecule has 1 unspecified atom stereocenters. The maximum atomic E-state index is 7.90. The van der Waals surface area contributed by atoms with Gasteiger partial charge in [-0.15, -0.1) is 0 Å². The van der Waals surface area contributed by atoms with Gasteiger partial charge in [-0.2, -0.15) is 0 Å². The van der Waals surface area contributed by atoms with Gasteiger partial charge in [-0.1, -0.05) is 5.11 Å². The molecule has 0 radical (unpaired) electrons. The molecule has 1 fully saturated rings. The van der Waals surface area contributed by atoms with Crippen molar-refractivity contribution in [3.8, 4) is 0 Å². The maximum absolute atomic E-state index is 7.90. The standard InChI is InChI=1S/C3H6N4O/c4-7-6-3-1-5-8-2-3/h3,5H,1-2H2. The second-order valence-corrected chi connectivity index (χ2v) is 1.52. The number of hydroxylamine groups is 1. The van der Waals surface area contributed by atoms with Crippen LogP contribution in [0.1, 0.15) is 0 Å². The lowest BCUT2D eigenvalue weighted by Gasteiger charge is -1.88. The highest BCUT2D eigenvalue weighted by Gasteiger charge is 2.11. The third-order valence-corrected chi connectivity index (χ3v) is 0.912. The predicted octanol–water partition coefficient (Wildman–Crippen LogP) is 0.200. The monoisotopic (exact) mass is 114 g/mol. The van der Waals surface area contributed by atoms with Gasteiger partial charge in [-0.25, -0.2) is 5.48 Å². The van der Waals surface area contributed by atoms with Gasteiger partial charge in [0, 0.05) is 11.5 Å². The third kappa shape index (κ3) is 1.10. The second kappa shape index (κ2) is 2.52. The first-order chi connectivity index (χ1) is 3.93. The Bertz CT molecular complexity index is 112. The van der Waals surface area contributed by atoms with Gasteiger partial charge >= 0.3 is 0 Å². The lowest BCUT2D eigenvalue weighted by Crippen LogP contribution is -2.10. The van der Waals surface area contributed by atoms with Crippen molar-refractivity contribution < 1.29 is 4.84 Å². The molecule has 0 aromatic rings. The number of nitrogens with zero attached hydrogens (tertiary/aromatic N) is 3. The van der Waals surface area contributed by atoms with Crippen LogP contribution in [0.2, 0.25) is 0 Å². The maximum Gasteiger partial charge on any atom is 0.0780 e. The Morgan fingerprint density at radius 2 is 2.75 bits per heavy atom. The summed E-state index contributed by atoms with van der Waals surface area (Å²) in [6.45, 7) is 1.12. The number of rotatable bonds is 1. The Labute approximate surface area is 46.2 Å². The molecule has 1 N–H and O–H groups in total. The summed E-state index contributed by atoms with van der Waals surface area (Å²) in [6.07, 6.45) is 0. The summed E-state index contributed by atoms with van der Waals surface area (Å²) in [5.41, 5.74) is 10.5. The van der Waals surface area contributed by atoms with Crippen molar-refractivity contribution >= 4 is 0 Å². The Kier molecular flexibility index (Phi) is 1.69. The van der Waals surface area contributed by atoms with E-state index in [0.29, 0.717) is 13.2 Å². The highest BCUT2D eigenvalue weighted by molar-refractivity contribution is 4.70. The van der Waals surface area contributed by atoms with E-state index in [4.69, 9.17) is 10.4 Å². The van der Waals surface area contributed by atoms with E-state index in [1.54, 1.807) is 0 Å². The molecule has 1 heterocycles. The van der Waals surface area contributed by atoms with Crippen LogP contribution in [0.15, 0.2) is 5.11 Å². The molecule has 0 amide bonds. The quantitative estimate of drug-likeness (QED) is 0.300. The van der Waals surface area contributed by atoms with Crippen LogP contribution in [0.25, 0.3) is 10.4 Å². The van der Waals surface area contributed by atoms with Crippen LogP contribution in [0.3, 0.4) is 0 Å². The molecule has 1 aliphatic rings. The number of hydrogen-bond acceptors (Lipinski definition) is 3. The molecule has 1 aliphatic heterocycles. The molecule has 0 aliphatic carbocycles. The summed E-state index contributed by atoms with van der Waals surface area (Å²) >= 11 is 0. The van der Waals surface area contributed by atoms with Crippen molar-refractivity contribution in [3.05, 3.63) is 10.4 Å². The summed E-state index contributed by atoms with van der Waals surface area (Å²) < 4.78 is 0. The zero-order valence-corrected chi connectivity index (χ0v) is 4.24. The van der Waals surface area contributed by atoms with Gasteiger partial charge in [0.25, 0.3) is 0 Å². The van der Waals surface area contributed by atoms with Gasteiger partial charge < -0.3 is 4.84 Å². The fraction of sp³-hybridized carbons (Fsp3) is 1.00. The molecule has 0 aromatic carbocycles. The lowest BCUT2D eigenvalue weighted by molar-refractivity contribution is 0.101. The molecule has 0 spiro atoms. The Hall–Kier alpha value is -0.770. The van der Waals surface area contributed by atoms with E-state index in [-0.39, 0.29) is 6.04 Å². The van der Waals surface area contributed by atoms with Crippen molar-refractivity contribution in [1.29, 1.82) is 0 Å². The minimum atomic E-state index is -0.0139. The number of azide groups is 1. The van der Waals surface area contributed by atoms with Gasteiger partial charge in [0.2, 0.25) is 0 Å². The van der Waals surface area contributed by atoms with Crippen molar-refractivity contribution in [1.82, 2.24) is 5.48 Å². The molecule has 0 bridgehead atoms. The molecule has 0 aromatic heterocycles. The summed E-state index contributed by atoms with van der Waals surface area (Å²) in [6, 6.07) is -0.0139. The van der Waals surface area contributed by atoms with Crippen molar-refractivity contribution in [2.45, 2.75) is 6.04 Å². The minimum Gasteiger partial charge on any atom is -0.301 e. The molecule has 5 heteroatoms. The van der Waals surface area contributed by atoms with E-state index in [0.717, 1.165) is 0 Å². The van der Waals surface area contributed by atoms with Crippen LogP contribution >= 0.6 is 0 Å². The summed E-state index contributed by atoms with van der Waals surface area (Å²) in [5, 5.41) is 3.42. The lowest BCUT2D eigenvalue weighted by atomic mass is 10.4. The molecule has 1 atom stereocenters. The normalized spacial score (nSPS) is 27.2. The molecule has 5 nitrogen and oxygen atoms in total. The van der Waals surface area contributed by atoms with E-state index in [2.05, 4.69) is 15.5 Å². The molecule has 1 rings (SSSR count). The molecule has 0 saturated carbocycles. The first-order valence-electron chi connectivity index (χ1n) is 2.32. The summed E-state index contributed by atoms with van der Waals surface area (Å²) in [4.78, 5) is 7.32. The predicted molar refractivity (Wildman–Crippen MR) is 26.9 cm³/mol. The average molecular weight is 114 g/mol. The first kappa shape index (κ1) is 5.37. The zero-order chi connectivity index (χ0) is 5.82. The van der Waals surface area contributed by atoms with Crippen molar-refractivity contribution in [2.75, 3.05) is 13.2 Å². The van der Waals surface area contributed by atoms with E-state index >= 15 is 0 Å². The summed E-state index contributed by atoms with van der Waals surface area (Å²) in [5.74, 6) is 0. The Morgan fingerprint density at radius 3 is 3.25 bits per heavy atom. The van der Waals surface area contributed by atoms with E-state index in [1.807, 2.05) is 0 Å². The van der Waals surface area contributed by atoms with Crippen LogP contribution in [0, 0.1) is 0 Å². The fourth-order valence-electron chi connectivity index (χ4n) is 0.516. The molecular weight excluding hydrogens is 108 g/mol. The number of hydrogen-bond donors (Lipinski definition) is 1. The van der Waals surface area contributed by atoms with Crippen LogP contribution in [-0.4, -0.2) is 19.2 Å². The smallest absolute Gasteiger partial charge is 0.0780 e. The van der Waals surface area contributed by atoms with Gasteiger partial charge in [0.15, 0.2) is 0 Å². The highest BCUT2D eigenvalue weighted by Crippen LogP contribution is 1.95. The molecule has 8 heavy (non-hydrogen) atoms. The van der Waals surface area contributed by atoms with Gasteiger partial charge in [0.05, 0.1) is 12.6 Å². The highest BCUT2D eigenvalue weighted by atomic mass is 16.7. The van der Waals surface area contributed by atoms with Gasteiger partial charge in [-0.05, 0) is 5.53 Å². The van der Waals surface area contributed by atoms with Crippen LogP contribution in [0.4, 0.5) is 0 Å². The topological polar surface area (TPSA) is 70.0 Å². The van der Waals surface area contributed by atoms with Gasteiger partial charge in [-0.3, -0.25) is 0 Å². The molecular formula is C3H6N4O. The first-order valence-corrected chi connectivity index (χ1v) is 2.32. The summed E-state index contributed by atoms with van der Waals surface area (Å²) in [7, 11) is 0. The largest absolute Gasteiger partial charge is 0.301 e. The average Bonchev–Trinajstić information content (AvgIpc) is 2.19. The third-order valence-electron chi connectivity index (χ3n) is 0.912. The van der Waals surface area contributed by atoms with E-state index in [1.165, 1.54) is 0 Å². The van der Waals surface area contributed by atoms with Crippen LogP contribution in [-0.2, 0) is 4.84 Å². The Morgan fingerprint density at radius 1 is 1.88 bits per heavy atom. The minimum absolute atomic E-state index is 0.0139. The molecule has 1 saturated heterocycles. The SMILES string of the molecule is [N-]=[N+]=NC1CNOC1. The number of nitrogens with one attached hydrogen (secondary N) is 1. The van der Waals surface area contributed by atoms with Crippen molar-refractivity contribution in [2.24, 2.45) is 5.11 Å². The fourth-order valence-corrected chi connectivity index (χ4v) is 0.516. The second-order valence-electron chi connectivity index (χ2n) is 1.52. The van der Waals surface area contributed by atoms with Crippen LogP contribution in [0.5, 0.6) is 0 Å². The molecule has 44 valence electrons. The van der Waals surface area contributed by atoms with Crippen molar-refractivity contribution in [3.63, 3.8) is 0 Å². The zero-order valence-electron chi connectivity index (χ0n) is 4.24. The Balaban J connectivity index is 2.35. The van der Waals surface area contributed by atoms with E-state index in [9.17, 15) is 0 Å². The van der Waals surface area contributed by atoms with Crippen LogP contribution < -0.4 is 5.48 Å². The van der Waals surface area contributed by atoms with E-state index < -0.39 is 0 Å².